The lowest BCUT2D eigenvalue weighted by atomic mass is 9.79. The molecule has 2 N–H and O–H groups in total. The molecule has 0 aromatic heterocycles. The van der Waals surface area contributed by atoms with E-state index < -0.39 is 11.6 Å². The Morgan fingerprint density at radius 1 is 1.42 bits per heavy atom. The van der Waals surface area contributed by atoms with Crippen LogP contribution in [0.2, 0.25) is 0 Å². The Kier molecular flexibility index (Phi) is 4.04. The van der Waals surface area contributed by atoms with E-state index in [0.717, 1.165) is 0 Å². The fourth-order valence-electron chi connectivity index (χ4n) is 2.32. The molecule has 0 spiro atoms. The van der Waals surface area contributed by atoms with Crippen molar-refractivity contribution in [1.29, 1.82) is 0 Å². The number of benzene rings is 1. The third-order valence-corrected chi connectivity index (χ3v) is 3.57. The summed E-state index contributed by atoms with van der Waals surface area (Å²) in [6.07, 6.45) is 1.66. The van der Waals surface area contributed by atoms with Gasteiger partial charge < -0.3 is 14.9 Å². The van der Waals surface area contributed by atoms with Crippen LogP contribution in [0.15, 0.2) is 24.3 Å². The minimum Gasteiger partial charge on any atom is -0.490 e. The van der Waals surface area contributed by atoms with E-state index in [-0.39, 0.29) is 18.3 Å². The Balaban J connectivity index is 1.88. The first-order chi connectivity index (χ1) is 8.98. The Morgan fingerprint density at radius 2 is 2.11 bits per heavy atom. The van der Waals surface area contributed by atoms with Crippen molar-refractivity contribution in [1.82, 2.24) is 0 Å². The van der Waals surface area contributed by atoms with E-state index in [1.807, 2.05) is 0 Å². The van der Waals surface area contributed by atoms with Crippen molar-refractivity contribution >= 4 is 5.97 Å². The van der Waals surface area contributed by atoms with Crippen molar-refractivity contribution in [2.45, 2.75) is 31.3 Å². The number of carboxylic acid groups (broad SMARTS) is 1. The van der Waals surface area contributed by atoms with Crippen LogP contribution in [-0.4, -0.2) is 28.4 Å². The van der Waals surface area contributed by atoms with Gasteiger partial charge in [0, 0.05) is 6.07 Å². The number of rotatable bonds is 4. The summed E-state index contributed by atoms with van der Waals surface area (Å²) in [6, 6.07) is 5.73. The molecule has 5 heteroatoms. The number of aliphatic carboxylic acids is 1. The molecule has 0 bridgehead atoms. The number of hydrogen-bond acceptors (Lipinski definition) is 3. The first-order valence-electron chi connectivity index (χ1n) is 6.32. The summed E-state index contributed by atoms with van der Waals surface area (Å²) < 4.78 is 18.3. The second-order valence-corrected chi connectivity index (χ2v) is 5.08. The highest BCUT2D eigenvalue weighted by Gasteiger charge is 2.36. The monoisotopic (exact) mass is 268 g/mol. The molecule has 1 fully saturated rings. The number of carboxylic acids is 1. The van der Waals surface area contributed by atoms with Gasteiger partial charge in [-0.3, -0.25) is 4.79 Å². The van der Waals surface area contributed by atoms with Gasteiger partial charge in [0.1, 0.15) is 18.2 Å². The van der Waals surface area contributed by atoms with Crippen molar-refractivity contribution in [3.8, 4) is 5.75 Å². The lowest BCUT2D eigenvalue weighted by Crippen LogP contribution is -2.41. The summed E-state index contributed by atoms with van der Waals surface area (Å²) in [5, 5.41) is 19.2. The molecule has 0 aliphatic heterocycles. The Labute approximate surface area is 110 Å². The Bertz CT molecular complexity index is 453. The summed E-state index contributed by atoms with van der Waals surface area (Å²) >= 11 is 0. The highest BCUT2D eigenvalue weighted by molar-refractivity contribution is 5.70. The molecule has 0 radical (unpaired) electrons. The Hall–Kier alpha value is -1.62. The van der Waals surface area contributed by atoms with Crippen molar-refractivity contribution in [3.05, 3.63) is 30.1 Å². The lowest BCUT2D eigenvalue weighted by molar-refractivity contribution is -0.145. The van der Waals surface area contributed by atoms with E-state index in [1.165, 1.54) is 18.2 Å². The first kappa shape index (κ1) is 13.8. The maximum atomic E-state index is 13.0. The van der Waals surface area contributed by atoms with Crippen LogP contribution < -0.4 is 4.74 Å². The number of halogens is 1. The van der Waals surface area contributed by atoms with Crippen LogP contribution in [0.1, 0.15) is 25.7 Å². The molecule has 0 unspecified atom stereocenters. The molecule has 19 heavy (non-hydrogen) atoms. The van der Waals surface area contributed by atoms with E-state index in [2.05, 4.69) is 0 Å². The van der Waals surface area contributed by atoms with Gasteiger partial charge in [0.05, 0.1) is 11.5 Å². The molecule has 1 aliphatic carbocycles. The molecule has 1 aliphatic rings. The predicted molar refractivity (Wildman–Crippen MR) is 66.4 cm³/mol. The predicted octanol–water partition coefficient (Wildman–Crippen LogP) is 2.21. The van der Waals surface area contributed by atoms with Crippen LogP contribution in [0.25, 0.3) is 0 Å². The summed E-state index contributed by atoms with van der Waals surface area (Å²) in [5.41, 5.74) is -1.02. The molecule has 2 rings (SSSR count). The third-order valence-electron chi connectivity index (χ3n) is 3.57. The molecule has 4 nitrogen and oxygen atoms in total. The first-order valence-corrected chi connectivity index (χ1v) is 6.32. The van der Waals surface area contributed by atoms with E-state index in [1.54, 1.807) is 6.07 Å². The second-order valence-electron chi connectivity index (χ2n) is 5.08. The lowest BCUT2D eigenvalue weighted by Gasteiger charge is -2.34. The van der Waals surface area contributed by atoms with Gasteiger partial charge in [-0.1, -0.05) is 6.07 Å². The van der Waals surface area contributed by atoms with Crippen LogP contribution in [0.4, 0.5) is 4.39 Å². The molecular weight excluding hydrogens is 251 g/mol. The normalized spacial score (nSPS) is 26.9. The smallest absolute Gasteiger partial charge is 0.306 e. The summed E-state index contributed by atoms with van der Waals surface area (Å²) in [6.45, 7) is 0.0583. The topological polar surface area (TPSA) is 66.8 Å². The molecular formula is C14H17FO4. The maximum Gasteiger partial charge on any atom is 0.306 e. The fraction of sp³-hybridized carbons (Fsp3) is 0.500. The van der Waals surface area contributed by atoms with Gasteiger partial charge in [-0.2, -0.15) is 0 Å². The number of aliphatic hydroxyl groups is 1. The van der Waals surface area contributed by atoms with Crippen LogP contribution in [-0.2, 0) is 4.79 Å². The third kappa shape index (κ3) is 3.67. The van der Waals surface area contributed by atoms with Gasteiger partial charge in [0.2, 0.25) is 0 Å². The number of hydrogen-bond donors (Lipinski definition) is 2. The molecule has 104 valence electrons. The number of ether oxygens (including phenoxy) is 1. The zero-order valence-corrected chi connectivity index (χ0v) is 10.5. The van der Waals surface area contributed by atoms with Gasteiger partial charge in [-0.05, 0) is 37.8 Å². The van der Waals surface area contributed by atoms with Crippen LogP contribution in [0.3, 0.4) is 0 Å². The van der Waals surface area contributed by atoms with E-state index in [0.29, 0.717) is 31.4 Å². The van der Waals surface area contributed by atoms with E-state index in [9.17, 15) is 14.3 Å². The molecule has 0 amide bonds. The average Bonchev–Trinajstić information content (AvgIpc) is 2.37. The van der Waals surface area contributed by atoms with Crippen LogP contribution in [0.5, 0.6) is 5.75 Å². The number of carbonyl (C=O) groups is 1. The molecule has 1 aromatic carbocycles. The maximum absolute atomic E-state index is 13.0. The zero-order valence-electron chi connectivity index (χ0n) is 10.5. The minimum absolute atomic E-state index is 0.0583. The molecule has 0 saturated heterocycles. The minimum atomic E-state index is -1.02. The molecule has 0 atom stereocenters. The van der Waals surface area contributed by atoms with Gasteiger partial charge in [-0.25, -0.2) is 4.39 Å². The Morgan fingerprint density at radius 3 is 2.68 bits per heavy atom. The fourth-order valence-corrected chi connectivity index (χ4v) is 2.32. The van der Waals surface area contributed by atoms with E-state index in [4.69, 9.17) is 9.84 Å². The largest absolute Gasteiger partial charge is 0.490 e. The summed E-state index contributed by atoms with van der Waals surface area (Å²) in [7, 11) is 0. The molecule has 1 saturated carbocycles. The summed E-state index contributed by atoms with van der Waals surface area (Å²) in [5.74, 6) is -1.21. The van der Waals surface area contributed by atoms with Crippen LogP contribution in [0, 0.1) is 11.7 Å². The van der Waals surface area contributed by atoms with Crippen molar-refractivity contribution in [2.75, 3.05) is 6.61 Å². The highest BCUT2D eigenvalue weighted by Crippen LogP contribution is 2.32. The van der Waals surface area contributed by atoms with Crippen molar-refractivity contribution < 1.29 is 24.1 Å². The summed E-state index contributed by atoms with van der Waals surface area (Å²) in [4.78, 5) is 10.8. The van der Waals surface area contributed by atoms with Gasteiger partial charge >= 0.3 is 5.97 Å². The SMILES string of the molecule is O=C(O)C1CCC(O)(COc2cccc(F)c2)CC1. The van der Waals surface area contributed by atoms with Gasteiger partial charge in [0.15, 0.2) is 0 Å². The standard InChI is InChI=1S/C14H17FO4/c15-11-2-1-3-12(8-11)19-9-14(18)6-4-10(5-7-14)13(16)17/h1-3,8,10,18H,4-7,9H2,(H,16,17). The zero-order chi connectivity index (χ0) is 13.9. The second kappa shape index (κ2) is 5.57. The van der Waals surface area contributed by atoms with Gasteiger partial charge in [-0.15, -0.1) is 0 Å². The quantitative estimate of drug-likeness (QED) is 0.878. The van der Waals surface area contributed by atoms with Gasteiger partial charge in [0.25, 0.3) is 0 Å². The van der Waals surface area contributed by atoms with Crippen molar-refractivity contribution in [3.63, 3.8) is 0 Å². The van der Waals surface area contributed by atoms with Crippen molar-refractivity contribution in [2.24, 2.45) is 5.92 Å². The molecule has 1 aromatic rings. The highest BCUT2D eigenvalue weighted by atomic mass is 19.1. The van der Waals surface area contributed by atoms with Crippen LogP contribution >= 0.6 is 0 Å². The molecule has 0 heterocycles. The van der Waals surface area contributed by atoms with E-state index >= 15 is 0 Å². The average molecular weight is 268 g/mol.